The Morgan fingerprint density at radius 3 is 2.83 bits per heavy atom. The monoisotopic (exact) mass is 310 g/mol. The minimum Gasteiger partial charge on any atom is -0.365 e. The third kappa shape index (κ3) is 2.72. The van der Waals surface area contributed by atoms with E-state index in [4.69, 9.17) is 0 Å². The molecule has 0 amide bonds. The van der Waals surface area contributed by atoms with Crippen LogP contribution in [0.15, 0.2) is 22.7 Å². The predicted molar refractivity (Wildman–Crippen MR) is 82.4 cm³/mol. The molecule has 1 fully saturated rings. The highest BCUT2D eigenvalue weighted by molar-refractivity contribution is 9.10. The average molecular weight is 311 g/mol. The van der Waals surface area contributed by atoms with Crippen molar-refractivity contribution in [2.24, 2.45) is 0 Å². The van der Waals surface area contributed by atoms with Gasteiger partial charge in [0.1, 0.15) is 0 Å². The molecule has 0 aromatic heterocycles. The number of rotatable bonds is 2. The quantitative estimate of drug-likeness (QED) is 0.895. The van der Waals surface area contributed by atoms with E-state index in [1.807, 2.05) is 0 Å². The molecule has 1 atom stereocenters. The number of halogens is 1. The molecule has 2 rings (SSSR count). The van der Waals surface area contributed by atoms with Crippen LogP contribution in [-0.2, 0) is 0 Å². The lowest BCUT2D eigenvalue weighted by atomic mass is 9.96. The van der Waals surface area contributed by atoms with Gasteiger partial charge < -0.3 is 10.2 Å². The summed E-state index contributed by atoms with van der Waals surface area (Å²) < 4.78 is 1.24. The maximum Gasteiger partial charge on any atom is 0.0516 e. The van der Waals surface area contributed by atoms with E-state index in [2.05, 4.69) is 72.0 Å². The van der Waals surface area contributed by atoms with Crippen molar-refractivity contribution in [3.05, 3.63) is 28.2 Å². The Bertz CT molecular complexity index is 429. The van der Waals surface area contributed by atoms with E-state index < -0.39 is 0 Å². The summed E-state index contributed by atoms with van der Waals surface area (Å²) in [7, 11) is 0. The minimum absolute atomic E-state index is 0.175. The molecule has 1 saturated heterocycles. The number of benzene rings is 1. The number of aryl methyl sites for hydroxylation is 1. The molecular weight excluding hydrogens is 288 g/mol. The van der Waals surface area contributed by atoms with Gasteiger partial charge in [-0.15, -0.1) is 0 Å². The summed E-state index contributed by atoms with van der Waals surface area (Å²) in [6.07, 6.45) is 1.17. The lowest BCUT2D eigenvalue weighted by molar-refractivity contribution is 0.306. The second-order valence-electron chi connectivity index (χ2n) is 5.86. The zero-order valence-electron chi connectivity index (χ0n) is 11.8. The molecule has 0 aliphatic carbocycles. The summed E-state index contributed by atoms with van der Waals surface area (Å²) in [6.45, 7) is 11.1. The van der Waals surface area contributed by atoms with Gasteiger partial charge in [0.2, 0.25) is 0 Å². The summed E-state index contributed by atoms with van der Waals surface area (Å²) in [5, 5.41) is 3.64. The van der Waals surface area contributed by atoms with Crippen molar-refractivity contribution in [2.75, 3.05) is 18.0 Å². The fourth-order valence-corrected chi connectivity index (χ4v) is 3.11. The van der Waals surface area contributed by atoms with Gasteiger partial charge in [0.05, 0.1) is 5.69 Å². The highest BCUT2D eigenvalue weighted by Gasteiger charge is 2.32. The van der Waals surface area contributed by atoms with Gasteiger partial charge in [0, 0.05) is 29.1 Å². The largest absolute Gasteiger partial charge is 0.365 e. The van der Waals surface area contributed by atoms with Crippen LogP contribution in [0.3, 0.4) is 0 Å². The number of nitrogens with one attached hydrogen (secondary N) is 1. The summed E-state index contributed by atoms with van der Waals surface area (Å²) in [6, 6.07) is 7.11. The van der Waals surface area contributed by atoms with Crippen LogP contribution in [0, 0.1) is 6.92 Å². The summed E-state index contributed by atoms with van der Waals surface area (Å²) in [5.41, 5.74) is 2.81. The van der Waals surface area contributed by atoms with Crippen LogP contribution in [0.1, 0.15) is 32.8 Å². The minimum atomic E-state index is 0.175. The Morgan fingerprint density at radius 2 is 2.17 bits per heavy atom. The lowest BCUT2D eigenvalue weighted by Crippen LogP contribution is -2.61. The van der Waals surface area contributed by atoms with E-state index in [0.717, 1.165) is 13.1 Å². The van der Waals surface area contributed by atoms with Gasteiger partial charge in [-0.25, -0.2) is 0 Å². The molecular formula is C15H23BrN2. The maximum atomic E-state index is 3.75. The summed E-state index contributed by atoms with van der Waals surface area (Å²) in [4.78, 5) is 2.55. The van der Waals surface area contributed by atoms with Gasteiger partial charge in [-0.3, -0.25) is 0 Å². The van der Waals surface area contributed by atoms with Crippen LogP contribution < -0.4 is 10.2 Å². The first-order chi connectivity index (χ1) is 8.44. The Hall–Kier alpha value is -0.540. The van der Waals surface area contributed by atoms with Crippen LogP contribution in [0.25, 0.3) is 0 Å². The molecule has 0 saturated carbocycles. The first-order valence-electron chi connectivity index (χ1n) is 6.71. The van der Waals surface area contributed by atoms with Gasteiger partial charge in [0.15, 0.2) is 0 Å². The number of hydrogen-bond donors (Lipinski definition) is 1. The van der Waals surface area contributed by atoms with E-state index >= 15 is 0 Å². The predicted octanol–water partition coefficient (Wildman–Crippen LogP) is 3.72. The Morgan fingerprint density at radius 1 is 1.44 bits per heavy atom. The zero-order valence-corrected chi connectivity index (χ0v) is 13.3. The highest BCUT2D eigenvalue weighted by atomic mass is 79.9. The molecule has 0 bridgehead atoms. The molecule has 1 heterocycles. The molecule has 1 aromatic carbocycles. The van der Waals surface area contributed by atoms with Gasteiger partial charge in [-0.05, 0) is 54.8 Å². The van der Waals surface area contributed by atoms with Crippen molar-refractivity contribution in [2.45, 2.75) is 45.7 Å². The van der Waals surface area contributed by atoms with Crippen LogP contribution in [0.2, 0.25) is 0 Å². The van der Waals surface area contributed by atoms with Crippen LogP contribution in [-0.4, -0.2) is 24.7 Å². The van der Waals surface area contributed by atoms with Gasteiger partial charge >= 0.3 is 0 Å². The van der Waals surface area contributed by atoms with Crippen molar-refractivity contribution in [3.8, 4) is 0 Å². The highest BCUT2D eigenvalue weighted by Crippen LogP contribution is 2.33. The van der Waals surface area contributed by atoms with Crippen molar-refractivity contribution in [1.82, 2.24) is 5.32 Å². The number of nitrogens with zero attached hydrogens (tertiary/aromatic N) is 1. The van der Waals surface area contributed by atoms with E-state index in [9.17, 15) is 0 Å². The van der Waals surface area contributed by atoms with E-state index in [1.54, 1.807) is 0 Å². The Balaban J connectivity index is 2.36. The van der Waals surface area contributed by atoms with Crippen molar-refractivity contribution >= 4 is 21.6 Å². The van der Waals surface area contributed by atoms with Crippen LogP contribution in [0.5, 0.6) is 0 Å². The topological polar surface area (TPSA) is 15.3 Å². The van der Waals surface area contributed by atoms with Crippen molar-refractivity contribution in [3.63, 3.8) is 0 Å². The second-order valence-corrected chi connectivity index (χ2v) is 6.66. The average Bonchev–Trinajstić information content (AvgIpc) is 2.32. The van der Waals surface area contributed by atoms with E-state index in [1.165, 1.54) is 22.1 Å². The molecule has 1 aliphatic heterocycles. The molecule has 18 heavy (non-hydrogen) atoms. The van der Waals surface area contributed by atoms with Crippen molar-refractivity contribution in [1.29, 1.82) is 0 Å². The molecule has 1 N–H and O–H groups in total. The maximum absolute atomic E-state index is 3.75. The third-order valence-electron chi connectivity index (χ3n) is 3.77. The molecule has 1 unspecified atom stereocenters. The zero-order chi connectivity index (χ0) is 13.3. The van der Waals surface area contributed by atoms with Crippen LogP contribution >= 0.6 is 15.9 Å². The molecule has 2 nitrogen and oxygen atoms in total. The van der Waals surface area contributed by atoms with Crippen LogP contribution in [0.4, 0.5) is 5.69 Å². The molecule has 0 radical (unpaired) electrons. The Kier molecular flexibility index (Phi) is 4.02. The van der Waals surface area contributed by atoms with Gasteiger partial charge in [0.25, 0.3) is 0 Å². The fourth-order valence-electron chi connectivity index (χ4n) is 2.62. The SMILES string of the molecule is CCC1CNC(C)(C)CN1c1cccc(C)c1Br. The number of anilines is 1. The Labute approximate surface area is 119 Å². The lowest BCUT2D eigenvalue weighted by Gasteiger charge is -2.46. The van der Waals surface area contributed by atoms with E-state index in [0.29, 0.717) is 6.04 Å². The van der Waals surface area contributed by atoms with Crippen molar-refractivity contribution < 1.29 is 0 Å². The van der Waals surface area contributed by atoms with Gasteiger partial charge in [-0.1, -0.05) is 19.1 Å². The molecule has 1 aliphatic rings. The first-order valence-corrected chi connectivity index (χ1v) is 7.50. The third-order valence-corrected chi connectivity index (χ3v) is 4.81. The standard InChI is InChI=1S/C15H23BrN2/c1-5-12-9-17-15(3,4)10-18(12)13-8-6-7-11(2)14(13)16/h6-8,12,17H,5,9-10H2,1-4H3. The molecule has 100 valence electrons. The molecule has 3 heteroatoms. The smallest absolute Gasteiger partial charge is 0.0516 e. The fraction of sp³-hybridized carbons (Fsp3) is 0.600. The van der Waals surface area contributed by atoms with E-state index in [-0.39, 0.29) is 5.54 Å². The molecule has 0 spiro atoms. The normalized spacial score (nSPS) is 23.2. The molecule has 1 aromatic rings. The van der Waals surface area contributed by atoms with Gasteiger partial charge in [-0.2, -0.15) is 0 Å². The first kappa shape index (κ1) is 13.9. The summed E-state index contributed by atoms with van der Waals surface area (Å²) >= 11 is 3.75. The number of hydrogen-bond acceptors (Lipinski definition) is 2. The summed E-state index contributed by atoms with van der Waals surface area (Å²) in [5.74, 6) is 0. The second kappa shape index (κ2) is 5.22. The number of piperazine rings is 1.